The van der Waals surface area contributed by atoms with Crippen molar-refractivity contribution < 1.29 is 85.0 Å². The second-order valence-electron chi connectivity index (χ2n) is 9.16. The van der Waals surface area contributed by atoms with E-state index in [1.54, 1.807) is 0 Å². The Hall–Kier alpha value is -1.17. The highest BCUT2D eigenvalue weighted by atomic mass is 16.8. The summed E-state index contributed by atoms with van der Waals surface area (Å²) in [7, 11) is 0. The Morgan fingerprint density at radius 1 is 0.811 bits per heavy atom. The summed E-state index contributed by atoms with van der Waals surface area (Å²) in [6.45, 7) is -1.61. The monoisotopic (exact) mass is 547 g/mol. The number of ether oxygens (including phenoxy) is 4. The van der Waals surface area contributed by atoms with E-state index in [0.29, 0.717) is 0 Å². The van der Waals surface area contributed by atoms with Crippen LogP contribution in [0.2, 0.25) is 0 Å². The van der Waals surface area contributed by atoms with Crippen LogP contribution >= 0.6 is 0 Å². The van der Waals surface area contributed by atoms with E-state index in [0.717, 1.165) is 6.92 Å². The maximum atomic E-state index is 11.9. The lowest BCUT2D eigenvalue weighted by Crippen LogP contribution is -2.84. The SMILES string of the molecule is CC(=O)NC1C(O)C(O)C(CO)OC1(O)[C@]1(CO)O[C@@H](O)[C@H](O)[C@H](O)[C@@H]1O[C@@H]1O[C@H](O)[C@@H](O)[C@H](O)[C@H]1O. The molecule has 216 valence electrons. The number of hydrogen-bond acceptors (Lipinski definition) is 17. The zero-order chi connectivity index (χ0) is 28.0. The number of aliphatic hydroxyl groups is 12. The Bertz CT molecular complexity index is 807. The fraction of sp³-hybridized carbons (Fsp3) is 0.947. The minimum Gasteiger partial charge on any atom is -0.394 e. The molecule has 18 nitrogen and oxygen atoms in total. The average Bonchev–Trinajstić information content (AvgIpc) is 2.85. The smallest absolute Gasteiger partial charge is 0.224 e. The van der Waals surface area contributed by atoms with Crippen LogP contribution in [-0.4, -0.2) is 172 Å². The molecule has 1 amide bonds. The summed E-state index contributed by atoms with van der Waals surface area (Å²) in [5, 5.41) is 126. The molecule has 0 aromatic rings. The van der Waals surface area contributed by atoms with E-state index in [4.69, 9.17) is 18.9 Å². The van der Waals surface area contributed by atoms with Crippen molar-refractivity contribution in [1.82, 2.24) is 5.32 Å². The van der Waals surface area contributed by atoms with E-state index in [2.05, 4.69) is 5.32 Å². The Balaban J connectivity index is 2.14. The zero-order valence-electron chi connectivity index (χ0n) is 19.3. The molecule has 0 aromatic carbocycles. The summed E-state index contributed by atoms with van der Waals surface area (Å²) in [5.74, 6) is -4.21. The van der Waals surface area contributed by atoms with Crippen LogP contribution in [0.4, 0.5) is 0 Å². The molecule has 0 aromatic heterocycles. The van der Waals surface area contributed by atoms with E-state index in [1.807, 2.05) is 0 Å². The van der Waals surface area contributed by atoms with Gasteiger partial charge in [0.25, 0.3) is 0 Å². The molecule has 0 radical (unpaired) electrons. The van der Waals surface area contributed by atoms with Gasteiger partial charge in [-0.2, -0.15) is 0 Å². The molecule has 3 saturated heterocycles. The number of aliphatic hydroxyl groups excluding tert-OH is 11. The first-order chi connectivity index (χ1) is 17.2. The van der Waals surface area contributed by atoms with Gasteiger partial charge in [-0.05, 0) is 0 Å². The maximum absolute atomic E-state index is 11.9. The van der Waals surface area contributed by atoms with Crippen molar-refractivity contribution in [2.24, 2.45) is 0 Å². The predicted octanol–water partition coefficient (Wildman–Crippen LogP) is -8.76. The minimum absolute atomic E-state index is 0.922. The van der Waals surface area contributed by atoms with Crippen LogP contribution < -0.4 is 5.32 Å². The highest BCUT2D eigenvalue weighted by molar-refractivity contribution is 5.73. The average molecular weight is 547 g/mol. The molecule has 0 bridgehead atoms. The molecular formula is C19H33NO17. The van der Waals surface area contributed by atoms with Crippen molar-refractivity contribution in [3.05, 3.63) is 0 Å². The zero-order valence-corrected chi connectivity index (χ0v) is 19.3. The minimum atomic E-state index is -3.29. The van der Waals surface area contributed by atoms with Crippen molar-refractivity contribution in [2.75, 3.05) is 13.2 Å². The Kier molecular flexibility index (Phi) is 9.14. The normalized spacial score (nSPS) is 53.1. The van der Waals surface area contributed by atoms with Crippen LogP contribution in [-0.2, 0) is 23.7 Å². The highest BCUT2D eigenvalue weighted by Crippen LogP contribution is 2.46. The third-order valence-corrected chi connectivity index (χ3v) is 6.77. The van der Waals surface area contributed by atoms with Gasteiger partial charge in [-0.3, -0.25) is 4.79 Å². The van der Waals surface area contributed by atoms with Gasteiger partial charge in [-0.15, -0.1) is 0 Å². The van der Waals surface area contributed by atoms with Crippen molar-refractivity contribution in [2.45, 2.75) is 98.2 Å². The van der Waals surface area contributed by atoms with Gasteiger partial charge in [-0.25, -0.2) is 0 Å². The van der Waals surface area contributed by atoms with Gasteiger partial charge in [-0.1, -0.05) is 0 Å². The molecule has 0 spiro atoms. The number of carbonyl (C=O) groups is 1. The highest BCUT2D eigenvalue weighted by Gasteiger charge is 2.72. The second-order valence-corrected chi connectivity index (χ2v) is 9.16. The van der Waals surface area contributed by atoms with Gasteiger partial charge in [0.15, 0.2) is 24.5 Å². The first kappa shape index (κ1) is 30.4. The summed E-state index contributed by atoms with van der Waals surface area (Å²) in [6.07, 6.45) is -25.7. The van der Waals surface area contributed by atoms with Crippen LogP contribution in [0.3, 0.4) is 0 Å². The summed E-state index contributed by atoms with van der Waals surface area (Å²) >= 11 is 0. The van der Waals surface area contributed by atoms with Gasteiger partial charge < -0.3 is 85.5 Å². The summed E-state index contributed by atoms with van der Waals surface area (Å²) < 4.78 is 20.9. The third kappa shape index (κ3) is 4.98. The van der Waals surface area contributed by atoms with E-state index in [-0.39, 0.29) is 0 Å². The molecule has 3 aliphatic heterocycles. The lowest BCUT2D eigenvalue weighted by Gasteiger charge is -2.60. The summed E-state index contributed by atoms with van der Waals surface area (Å²) in [6, 6.07) is -2.12. The number of rotatable bonds is 6. The molecule has 3 rings (SSSR count). The molecule has 0 saturated carbocycles. The van der Waals surface area contributed by atoms with Crippen molar-refractivity contribution in [3.63, 3.8) is 0 Å². The van der Waals surface area contributed by atoms with E-state index >= 15 is 0 Å². The quantitative estimate of drug-likeness (QED) is 0.147. The van der Waals surface area contributed by atoms with Crippen LogP contribution in [0.15, 0.2) is 0 Å². The summed E-state index contributed by atoms with van der Waals surface area (Å²) in [4.78, 5) is 11.9. The Morgan fingerprint density at radius 2 is 1.41 bits per heavy atom. The van der Waals surface area contributed by atoms with Crippen LogP contribution in [0.5, 0.6) is 0 Å². The molecule has 3 fully saturated rings. The molecule has 5 unspecified atom stereocenters. The van der Waals surface area contributed by atoms with E-state index < -0.39 is 110 Å². The molecule has 13 N–H and O–H groups in total. The predicted molar refractivity (Wildman–Crippen MR) is 109 cm³/mol. The first-order valence-corrected chi connectivity index (χ1v) is 11.2. The molecule has 3 heterocycles. The van der Waals surface area contributed by atoms with Gasteiger partial charge in [0, 0.05) is 6.92 Å². The molecule has 15 atom stereocenters. The fourth-order valence-corrected chi connectivity index (χ4v) is 4.71. The van der Waals surface area contributed by atoms with Crippen LogP contribution in [0, 0.1) is 0 Å². The number of amides is 1. The number of carbonyl (C=O) groups excluding carboxylic acids is 1. The number of hydrogen-bond donors (Lipinski definition) is 13. The summed E-state index contributed by atoms with van der Waals surface area (Å²) in [5.41, 5.74) is -3.03. The van der Waals surface area contributed by atoms with Gasteiger partial charge in [0.1, 0.15) is 61.0 Å². The standard InChI is InChI=1S/C19H33NO17/c1-4(23)20-13-8(26)6(24)5(2-21)36-19(13,33)18(3-22)14(9(27)11(29)16(32)37-18)34-17-12(30)7(25)10(28)15(31)35-17/h5-17,21-22,24-33H,2-3H2,1H3,(H,20,23)/t5?,6?,7-,8?,9-,10-,11+,12+,13?,14-,15-,16+,17+,18+,19?/m0/s1. The van der Waals surface area contributed by atoms with E-state index in [9.17, 15) is 66.1 Å². The Labute approximate surface area is 208 Å². The van der Waals surface area contributed by atoms with Crippen LogP contribution in [0.1, 0.15) is 6.92 Å². The van der Waals surface area contributed by atoms with Crippen molar-refractivity contribution >= 4 is 5.91 Å². The third-order valence-electron chi connectivity index (χ3n) is 6.77. The molecular weight excluding hydrogens is 514 g/mol. The largest absolute Gasteiger partial charge is 0.394 e. The molecule has 0 aliphatic carbocycles. The first-order valence-electron chi connectivity index (χ1n) is 11.2. The lowest BCUT2D eigenvalue weighted by atomic mass is 9.73. The van der Waals surface area contributed by atoms with Gasteiger partial charge in [0.2, 0.25) is 11.7 Å². The van der Waals surface area contributed by atoms with Crippen molar-refractivity contribution in [3.8, 4) is 0 Å². The molecule has 37 heavy (non-hydrogen) atoms. The van der Waals surface area contributed by atoms with E-state index in [1.165, 1.54) is 0 Å². The second kappa shape index (κ2) is 11.1. The van der Waals surface area contributed by atoms with Crippen LogP contribution in [0.25, 0.3) is 0 Å². The molecule has 3 aliphatic rings. The van der Waals surface area contributed by atoms with Crippen molar-refractivity contribution in [1.29, 1.82) is 0 Å². The van der Waals surface area contributed by atoms with Gasteiger partial charge in [0.05, 0.1) is 13.2 Å². The maximum Gasteiger partial charge on any atom is 0.224 e. The van der Waals surface area contributed by atoms with Gasteiger partial charge >= 0.3 is 0 Å². The Morgan fingerprint density at radius 3 is 1.95 bits per heavy atom. The molecule has 18 heteroatoms. The number of nitrogens with one attached hydrogen (secondary N) is 1. The fourth-order valence-electron chi connectivity index (χ4n) is 4.71. The lowest BCUT2D eigenvalue weighted by molar-refractivity contribution is -0.459. The topological polar surface area (TPSA) is 309 Å².